The van der Waals surface area contributed by atoms with Crippen LogP contribution in [0.3, 0.4) is 0 Å². The third-order valence-corrected chi connectivity index (χ3v) is 3.90. The molecule has 0 radical (unpaired) electrons. The first-order valence-corrected chi connectivity index (χ1v) is 6.99. The SMILES string of the molecule is CCN1CCC[C@@](C)(C(=O)NCCc2cn[nH]n2)C1. The molecule has 0 bridgehead atoms. The molecule has 1 fully saturated rings. The number of nitrogens with zero attached hydrogens (tertiary/aromatic N) is 3. The van der Waals surface area contributed by atoms with Gasteiger partial charge < -0.3 is 10.2 Å². The van der Waals surface area contributed by atoms with Gasteiger partial charge in [0.2, 0.25) is 5.91 Å². The lowest BCUT2D eigenvalue weighted by molar-refractivity contribution is -0.133. The summed E-state index contributed by atoms with van der Waals surface area (Å²) in [6, 6.07) is 0. The van der Waals surface area contributed by atoms with Crippen molar-refractivity contribution in [3.8, 4) is 0 Å². The van der Waals surface area contributed by atoms with Crippen LogP contribution in [0, 0.1) is 5.41 Å². The molecule has 0 saturated carbocycles. The summed E-state index contributed by atoms with van der Waals surface area (Å²) in [4.78, 5) is 14.7. The quantitative estimate of drug-likeness (QED) is 0.817. The Balaban J connectivity index is 1.81. The number of hydrogen-bond acceptors (Lipinski definition) is 4. The average molecular weight is 265 g/mol. The van der Waals surface area contributed by atoms with Crippen LogP contribution in [0.5, 0.6) is 0 Å². The summed E-state index contributed by atoms with van der Waals surface area (Å²) in [6.07, 6.45) is 4.48. The first-order valence-electron chi connectivity index (χ1n) is 6.99. The van der Waals surface area contributed by atoms with Crippen molar-refractivity contribution >= 4 is 5.91 Å². The predicted octanol–water partition coefficient (Wildman–Crippen LogP) is 0.585. The first-order chi connectivity index (χ1) is 9.14. The number of nitrogens with one attached hydrogen (secondary N) is 2. The van der Waals surface area contributed by atoms with Crippen molar-refractivity contribution in [1.29, 1.82) is 0 Å². The van der Waals surface area contributed by atoms with Crippen LogP contribution in [0.15, 0.2) is 6.20 Å². The molecule has 0 unspecified atom stereocenters. The zero-order valence-electron chi connectivity index (χ0n) is 11.8. The number of aromatic amines is 1. The van der Waals surface area contributed by atoms with Crippen LogP contribution >= 0.6 is 0 Å². The van der Waals surface area contributed by atoms with Crippen molar-refractivity contribution in [3.05, 3.63) is 11.9 Å². The number of rotatable bonds is 5. The molecule has 1 atom stereocenters. The van der Waals surface area contributed by atoms with Crippen molar-refractivity contribution in [2.24, 2.45) is 5.41 Å². The van der Waals surface area contributed by atoms with Crippen LogP contribution in [0.1, 0.15) is 32.4 Å². The number of hydrogen-bond donors (Lipinski definition) is 2. The smallest absolute Gasteiger partial charge is 0.227 e. The molecule has 2 heterocycles. The van der Waals surface area contributed by atoms with E-state index >= 15 is 0 Å². The number of aromatic nitrogens is 3. The highest BCUT2D eigenvalue weighted by Crippen LogP contribution is 2.29. The Morgan fingerprint density at radius 1 is 1.63 bits per heavy atom. The van der Waals surface area contributed by atoms with E-state index in [-0.39, 0.29) is 11.3 Å². The molecule has 1 aliphatic heterocycles. The van der Waals surface area contributed by atoms with Gasteiger partial charge in [-0.25, -0.2) is 0 Å². The molecule has 0 aliphatic carbocycles. The predicted molar refractivity (Wildman–Crippen MR) is 72.6 cm³/mol. The molecule has 1 aliphatic rings. The van der Waals surface area contributed by atoms with Gasteiger partial charge in [0.15, 0.2) is 0 Å². The molecule has 0 aromatic carbocycles. The Labute approximate surface area is 113 Å². The maximum atomic E-state index is 12.3. The van der Waals surface area contributed by atoms with Gasteiger partial charge in [-0.3, -0.25) is 4.79 Å². The fourth-order valence-corrected chi connectivity index (χ4v) is 2.66. The van der Waals surface area contributed by atoms with Gasteiger partial charge in [-0.05, 0) is 32.9 Å². The van der Waals surface area contributed by atoms with Gasteiger partial charge in [-0.1, -0.05) is 6.92 Å². The molecule has 1 amide bonds. The molecular formula is C13H23N5O. The van der Waals surface area contributed by atoms with E-state index in [0.717, 1.165) is 44.6 Å². The van der Waals surface area contributed by atoms with Gasteiger partial charge in [-0.15, -0.1) is 0 Å². The van der Waals surface area contributed by atoms with E-state index in [1.165, 1.54) is 0 Å². The van der Waals surface area contributed by atoms with Gasteiger partial charge in [-0.2, -0.15) is 15.4 Å². The fourth-order valence-electron chi connectivity index (χ4n) is 2.66. The van der Waals surface area contributed by atoms with E-state index in [1.54, 1.807) is 6.20 Å². The summed E-state index contributed by atoms with van der Waals surface area (Å²) in [5.74, 6) is 0.161. The van der Waals surface area contributed by atoms with E-state index in [9.17, 15) is 4.79 Å². The molecule has 0 spiro atoms. The monoisotopic (exact) mass is 265 g/mol. The Bertz CT molecular complexity index is 405. The largest absolute Gasteiger partial charge is 0.355 e. The number of amides is 1. The van der Waals surface area contributed by atoms with Crippen molar-refractivity contribution in [2.45, 2.75) is 33.1 Å². The van der Waals surface area contributed by atoms with Gasteiger partial charge in [0, 0.05) is 19.5 Å². The molecule has 2 N–H and O–H groups in total. The Hall–Kier alpha value is -1.43. The van der Waals surface area contributed by atoms with E-state index in [1.807, 2.05) is 0 Å². The van der Waals surface area contributed by atoms with Gasteiger partial charge in [0.25, 0.3) is 0 Å². The van der Waals surface area contributed by atoms with Gasteiger partial charge in [0.05, 0.1) is 17.3 Å². The topological polar surface area (TPSA) is 73.9 Å². The highest BCUT2D eigenvalue weighted by Gasteiger charge is 2.36. The second-order valence-electron chi connectivity index (χ2n) is 5.50. The van der Waals surface area contributed by atoms with Crippen molar-refractivity contribution < 1.29 is 4.79 Å². The van der Waals surface area contributed by atoms with Crippen LogP contribution in [-0.4, -0.2) is 52.4 Å². The molecule has 2 rings (SSSR count). The average Bonchev–Trinajstić information content (AvgIpc) is 2.91. The lowest BCUT2D eigenvalue weighted by Crippen LogP contribution is -2.50. The second-order valence-corrected chi connectivity index (χ2v) is 5.50. The number of carbonyl (C=O) groups is 1. The van der Waals surface area contributed by atoms with Crippen LogP contribution in [0.25, 0.3) is 0 Å². The zero-order valence-corrected chi connectivity index (χ0v) is 11.8. The van der Waals surface area contributed by atoms with Crippen LogP contribution in [0.4, 0.5) is 0 Å². The molecule has 106 valence electrons. The summed E-state index contributed by atoms with van der Waals surface area (Å²) in [7, 11) is 0. The second kappa shape index (κ2) is 6.14. The van der Waals surface area contributed by atoms with E-state index < -0.39 is 0 Å². The maximum Gasteiger partial charge on any atom is 0.227 e. The van der Waals surface area contributed by atoms with Crippen molar-refractivity contribution in [3.63, 3.8) is 0 Å². The number of carbonyl (C=O) groups excluding carboxylic acids is 1. The van der Waals surface area contributed by atoms with Crippen molar-refractivity contribution in [1.82, 2.24) is 25.6 Å². The first kappa shape index (κ1) is 14.0. The maximum absolute atomic E-state index is 12.3. The summed E-state index contributed by atoms with van der Waals surface area (Å²) in [5.41, 5.74) is 0.627. The zero-order chi connectivity index (χ0) is 13.7. The molecular weight excluding hydrogens is 242 g/mol. The highest BCUT2D eigenvalue weighted by molar-refractivity contribution is 5.82. The number of piperidine rings is 1. The standard InChI is InChI=1S/C13H23N5O/c1-3-18-8-4-6-13(2,10-18)12(19)14-7-5-11-9-15-17-16-11/h9H,3-8,10H2,1-2H3,(H,14,19)(H,15,16,17)/t13-/m1/s1. The van der Waals surface area contributed by atoms with Crippen LogP contribution in [0.2, 0.25) is 0 Å². The summed E-state index contributed by atoms with van der Waals surface area (Å²) in [6.45, 7) is 7.82. The van der Waals surface area contributed by atoms with Crippen LogP contribution < -0.4 is 5.32 Å². The van der Waals surface area contributed by atoms with E-state index in [4.69, 9.17) is 0 Å². The fraction of sp³-hybridized carbons (Fsp3) is 0.769. The van der Waals surface area contributed by atoms with Gasteiger partial charge in [0.1, 0.15) is 0 Å². The lowest BCUT2D eigenvalue weighted by atomic mass is 9.81. The molecule has 1 saturated heterocycles. The number of likely N-dealkylation sites (tertiary alicyclic amines) is 1. The summed E-state index contributed by atoms with van der Waals surface area (Å²) >= 11 is 0. The Morgan fingerprint density at radius 2 is 2.47 bits per heavy atom. The highest BCUT2D eigenvalue weighted by atomic mass is 16.2. The molecule has 6 nitrogen and oxygen atoms in total. The van der Waals surface area contributed by atoms with E-state index in [2.05, 4.69) is 39.5 Å². The Kier molecular flexibility index (Phi) is 4.52. The Morgan fingerprint density at radius 3 is 3.16 bits per heavy atom. The van der Waals surface area contributed by atoms with Crippen molar-refractivity contribution in [2.75, 3.05) is 26.2 Å². The summed E-state index contributed by atoms with van der Waals surface area (Å²) in [5, 5.41) is 13.3. The van der Waals surface area contributed by atoms with Crippen LogP contribution in [-0.2, 0) is 11.2 Å². The molecule has 1 aromatic rings. The normalized spacial score (nSPS) is 24.3. The summed E-state index contributed by atoms with van der Waals surface area (Å²) < 4.78 is 0. The third kappa shape index (κ3) is 3.53. The molecule has 1 aromatic heterocycles. The molecule has 19 heavy (non-hydrogen) atoms. The third-order valence-electron chi connectivity index (χ3n) is 3.90. The lowest BCUT2D eigenvalue weighted by Gasteiger charge is -2.38. The molecule has 6 heteroatoms. The number of H-pyrrole nitrogens is 1. The van der Waals surface area contributed by atoms with Gasteiger partial charge >= 0.3 is 0 Å². The minimum absolute atomic E-state index is 0.161. The van der Waals surface area contributed by atoms with E-state index in [0.29, 0.717) is 6.54 Å². The minimum Gasteiger partial charge on any atom is -0.355 e. The minimum atomic E-state index is -0.252.